The maximum absolute atomic E-state index is 12.6. The fraction of sp³-hybridized carbons (Fsp3) is 0.615. The summed E-state index contributed by atoms with van der Waals surface area (Å²) in [5.41, 5.74) is -0.819. The summed E-state index contributed by atoms with van der Waals surface area (Å²) in [7, 11) is 1.67. The largest absolute Gasteiger partial charge is 0.417 e. The van der Waals surface area contributed by atoms with Crippen molar-refractivity contribution >= 4 is 17.4 Å². The molecule has 1 aliphatic rings. The summed E-state index contributed by atoms with van der Waals surface area (Å²) in [5.74, 6) is 0.917. The summed E-state index contributed by atoms with van der Waals surface area (Å²) in [4.78, 5) is 5.81. The summed E-state index contributed by atoms with van der Waals surface area (Å²) >= 11 is 5.94. The molecule has 1 fully saturated rings. The maximum Gasteiger partial charge on any atom is 0.417 e. The molecule has 20 heavy (non-hydrogen) atoms. The molecule has 0 spiro atoms. The van der Waals surface area contributed by atoms with Crippen LogP contribution in [0.25, 0.3) is 0 Å². The minimum absolute atomic E-state index is 0.0463. The van der Waals surface area contributed by atoms with E-state index >= 15 is 0 Å². The van der Waals surface area contributed by atoms with Crippen LogP contribution in [0.3, 0.4) is 0 Å². The van der Waals surface area contributed by atoms with Crippen molar-refractivity contribution in [3.8, 4) is 0 Å². The SMILES string of the molecule is COCC1CCN(c2ncc(C(F)(F)F)cc2Cl)CC1. The summed E-state index contributed by atoms with van der Waals surface area (Å²) in [6, 6.07) is 0.936. The number of methoxy groups -OCH3 is 1. The number of ether oxygens (including phenoxy) is 1. The van der Waals surface area contributed by atoms with Crippen molar-refractivity contribution in [3.05, 3.63) is 22.8 Å². The number of alkyl halides is 3. The zero-order valence-corrected chi connectivity index (χ0v) is 11.8. The molecule has 0 radical (unpaired) electrons. The van der Waals surface area contributed by atoms with Crippen molar-refractivity contribution in [1.82, 2.24) is 4.98 Å². The fourth-order valence-electron chi connectivity index (χ4n) is 2.37. The van der Waals surface area contributed by atoms with E-state index in [4.69, 9.17) is 16.3 Å². The molecule has 0 aromatic carbocycles. The van der Waals surface area contributed by atoms with Gasteiger partial charge in [0.1, 0.15) is 5.82 Å². The smallest absolute Gasteiger partial charge is 0.384 e. The van der Waals surface area contributed by atoms with E-state index in [9.17, 15) is 13.2 Å². The standard InChI is InChI=1S/C13H16ClF3N2O/c1-20-8-9-2-4-19(5-3-9)12-11(14)6-10(7-18-12)13(15,16)17/h6-7,9H,2-5,8H2,1H3. The summed E-state index contributed by atoms with van der Waals surface area (Å²) < 4.78 is 42.8. The highest BCUT2D eigenvalue weighted by Crippen LogP contribution is 2.34. The third-order valence-corrected chi connectivity index (χ3v) is 3.74. The molecule has 7 heteroatoms. The van der Waals surface area contributed by atoms with E-state index in [1.54, 1.807) is 7.11 Å². The topological polar surface area (TPSA) is 25.4 Å². The van der Waals surface area contributed by atoms with E-state index in [2.05, 4.69) is 4.98 Å². The van der Waals surface area contributed by atoms with Gasteiger partial charge in [-0.3, -0.25) is 0 Å². The molecule has 0 N–H and O–H groups in total. The number of halogens is 4. The van der Waals surface area contributed by atoms with Crippen molar-refractivity contribution in [2.24, 2.45) is 5.92 Å². The van der Waals surface area contributed by atoms with Gasteiger partial charge in [0.15, 0.2) is 0 Å². The summed E-state index contributed by atoms with van der Waals surface area (Å²) in [5, 5.41) is 0.0463. The van der Waals surface area contributed by atoms with Gasteiger partial charge in [-0.05, 0) is 24.8 Å². The van der Waals surface area contributed by atoms with E-state index in [1.165, 1.54) is 0 Å². The molecule has 0 bridgehead atoms. The lowest BCUT2D eigenvalue weighted by atomic mass is 9.98. The Labute approximate surface area is 120 Å². The van der Waals surface area contributed by atoms with Gasteiger partial charge < -0.3 is 9.64 Å². The van der Waals surface area contributed by atoms with Gasteiger partial charge in [0.05, 0.1) is 10.6 Å². The number of hydrogen-bond donors (Lipinski definition) is 0. The number of aromatic nitrogens is 1. The second-order valence-corrected chi connectivity index (χ2v) is 5.32. The van der Waals surface area contributed by atoms with Crippen LogP contribution < -0.4 is 4.90 Å². The Kier molecular flexibility index (Phi) is 4.75. The number of rotatable bonds is 3. The lowest BCUT2D eigenvalue weighted by molar-refractivity contribution is -0.137. The summed E-state index contributed by atoms with van der Waals surface area (Å²) in [6.45, 7) is 2.17. The number of nitrogens with zero attached hydrogens (tertiary/aromatic N) is 2. The Bertz CT molecular complexity index is 459. The van der Waals surface area contributed by atoms with Crippen molar-refractivity contribution in [1.29, 1.82) is 0 Å². The average molecular weight is 309 g/mol. The Hall–Kier alpha value is -1.01. The minimum atomic E-state index is -4.42. The molecule has 0 amide bonds. The first kappa shape index (κ1) is 15.4. The van der Waals surface area contributed by atoms with E-state index < -0.39 is 11.7 Å². The van der Waals surface area contributed by atoms with Gasteiger partial charge in [-0.15, -0.1) is 0 Å². The number of piperidine rings is 1. The molecular weight excluding hydrogens is 293 g/mol. The summed E-state index contributed by atoms with van der Waals surface area (Å²) in [6.07, 6.45) is -1.73. The molecule has 0 unspecified atom stereocenters. The Morgan fingerprint density at radius 3 is 2.55 bits per heavy atom. The Morgan fingerprint density at radius 2 is 2.05 bits per heavy atom. The number of pyridine rings is 1. The quantitative estimate of drug-likeness (QED) is 0.853. The lowest BCUT2D eigenvalue weighted by Crippen LogP contribution is -2.35. The molecular formula is C13H16ClF3N2O. The highest BCUT2D eigenvalue weighted by atomic mass is 35.5. The third kappa shape index (κ3) is 3.55. The second kappa shape index (κ2) is 6.18. The Balaban J connectivity index is 2.07. The normalized spacial score (nSPS) is 17.6. The molecule has 112 valence electrons. The monoisotopic (exact) mass is 308 g/mol. The first-order chi connectivity index (χ1) is 9.41. The molecule has 1 aromatic rings. The van der Waals surface area contributed by atoms with Crippen LogP contribution in [0.15, 0.2) is 12.3 Å². The van der Waals surface area contributed by atoms with E-state index in [-0.39, 0.29) is 5.02 Å². The van der Waals surface area contributed by atoms with Gasteiger partial charge in [0.25, 0.3) is 0 Å². The van der Waals surface area contributed by atoms with Crippen molar-refractivity contribution in [2.75, 3.05) is 31.7 Å². The average Bonchev–Trinajstić information content (AvgIpc) is 2.39. The predicted octanol–water partition coefficient (Wildman–Crippen LogP) is 3.62. The third-order valence-electron chi connectivity index (χ3n) is 3.47. The van der Waals surface area contributed by atoms with Gasteiger partial charge in [0, 0.05) is 33.0 Å². The molecule has 3 nitrogen and oxygen atoms in total. The van der Waals surface area contributed by atoms with Crippen LogP contribution in [0.2, 0.25) is 5.02 Å². The van der Waals surface area contributed by atoms with Crippen molar-refractivity contribution < 1.29 is 17.9 Å². The molecule has 0 aliphatic carbocycles. The minimum Gasteiger partial charge on any atom is -0.384 e. The van der Waals surface area contributed by atoms with Gasteiger partial charge in [-0.2, -0.15) is 13.2 Å². The van der Waals surface area contributed by atoms with E-state index in [0.29, 0.717) is 18.3 Å². The molecule has 2 rings (SSSR count). The first-order valence-electron chi connectivity index (χ1n) is 6.38. The first-order valence-corrected chi connectivity index (χ1v) is 6.76. The van der Waals surface area contributed by atoms with Crippen molar-refractivity contribution in [3.63, 3.8) is 0 Å². The zero-order valence-electron chi connectivity index (χ0n) is 11.1. The molecule has 2 heterocycles. The van der Waals surface area contributed by atoms with E-state index in [1.807, 2.05) is 4.90 Å². The highest BCUT2D eigenvalue weighted by Gasteiger charge is 2.32. The highest BCUT2D eigenvalue weighted by molar-refractivity contribution is 6.33. The van der Waals surface area contributed by atoms with E-state index in [0.717, 1.165) is 38.2 Å². The van der Waals surface area contributed by atoms with Crippen LogP contribution in [0.1, 0.15) is 18.4 Å². The molecule has 1 aliphatic heterocycles. The van der Waals surface area contributed by atoms with Crippen molar-refractivity contribution in [2.45, 2.75) is 19.0 Å². The van der Waals surface area contributed by atoms with Crippen LogP contribution in [-0.4, -0.2) is 31.8 Å². The van der Waals surface area contributed by atoms with Crippen LogP contribution in [0.4, 0.5) is 19.0 Å². The zero-order chi connectivity index (χ0) is 14.8. The van der Waals surface area contributed by atoms with Crippen LogP contribution in [0, 0.1) is 5.92 Å². The fourth-order valence-corrected chi connectivity index (χ4v) is 2.65. The molecule has 1 saturated heterocycles. The van der Waals surface area contributed by atoms with Gasteiger partial charge in [0.2, 0.25) is 0 Å². The number of anilines is 1. The van der Waals surface area contributed by atoms with Gasteiger partial charge in [-0.25, -0.2) is 4.98 Å². The lowest BCUT2D eigenvalue weighted by Gasteiger charge is -2.33. The Morgan fingerprint density at radius 1 is 1.40 bits per heavy atom. The van der Waals surface area contributed by atoms with Gasteiger partial charge >= 0.3 is 6.18 Å². The molecule has 0 atom stereocenters. The maximum atomic E-state index is 12.6. The predicted molar refractivity (Wildman–Crippen MR) is 71.1 cm³/mol. The van der Waals surface area contributed by atoms with Crippen LogP contribution in [-0.2, 0) is 10.9 Å². The van der Waals surface area contributed by atoms with Crippen LogP contribution in [0.5, 0.6) is 0 Å². The van der Waals surface area contributed by atoms with Crippen LogP contribution >= 0.6 is 11.6 Å². The number of hydrogen-bond acceptors (Lipinski definition) is 3. The van der Waals surface area contributed by atoms with Gasteiger partial charge in [-0.1, -0.05) is 11.6 Å². The molecule has 1 aromatic heterocycles. The molecule has 0 saturated carbocycles. The second-order valence-electron chi connectivity index (χ2n) is 4.91.